The molecular formula is C81H158O17P2. The van der Waals surface area contributed by atoms with Crippen LogP contribution in [0.3, 0.4) is 0 Å². The van der Waals surface area contributed by atoms with Gasteiger partial charge in [-0.3, -0.25) is 37.3 Å². The van der Waals surface area contributed by atoms with Crippen LogP contribution in [0.25, 0.3) is 0 Å². The Morgan fingerprint density at radius 1 is 0.270 bits per heavy atom. The second-order valence-electron chi connectivity index (χ2n) is 30.6. The van der Waals surface area contributed by atoms with E-state index in [1.807, 2.05) is 0 Å². The molecule has 0 aliphatic heterocycles. The van der Waals surface area contributed by atoms with E-state index in [1.165, 1.54) is 225 Å². The molecule has 0 heterocycles. The molecule has 0 saturated heterocycles. The standard InChI is InChI=1S/C81H158O17P2/c1-8-9-10-11-12-13-14-15-16-20-23-29-34-41-48-55-62-78(83)91-68-76(97-80(85)64-57-50-42-35-30-24-21-18-17-19-22-27-32-38-45-52-59-72(2)3)70-95-99(87,88)93-66-75(82)67-94-100(89,90)96-71-77(69-92-79(84)63-56-49-44-37-40-47-54-61-74(6)7)98-81(86)65-58-51-43-36-31-26-25-28-33-39-46-53-60-73(4)5/h72-77,82H,8-71H2,1-7H3,(H,87,88)(H,89,90)/t75-,76-,77-/m1/s1. The van der Waals surface area contributed by atoms with Crippen LogP contribution in [0.1, 0.15) is 421 Å². The molecule has 3 N–H and O–H groups in total. The molecule has 0 spiro atoms. The number of hydrogen-bond donors (Lipinski definition) is 3. The number of ether oxygens (including phenoxy) is 4. The molecule has 0 saturated carbocycles. The minimum Gasteiger partial charge on any atom is -0.462 e. The van der Waals surface area contributed by atoms with Crippen LogP contribution in [0.4, 0.5) is 0 Å². The Bertz CT molecular complexity index is 1940. The molecule has 0 aromatic heterocycles. The molecule has 0 rings (SSSR count). The number of aliphatic hydroxyl groups is 1. The topological polar surface area (TPSA) is 237 Å². The highest BCUT2D eigenvalue weighted by molar-refractivity contribution is 7.47. The summed E-state index contributed by atoms with van der Waals surface area (Å²) in [6.07, 6.45) is 59.7. The lowest BCUT2D eigenvalue weighted by atomic mass is 10.0. The summed E-state index contributed by atoms with van der Waals surface area (Å²) in [7, 11) is -9.92. The number of carbonyl (C=O) groups excluding carboxylic acids is 4. The average molecular weight is 1470 g/mol. The number of phosphoric ester groups is 2. The highest BCUT2D eigenvalue weighted by atomic mass is 31.2. The number of unbranched alkanes of at least 4 members (excludes halogenated alkanes) is 47. The van der Waals surface area contributed by atoms with Gasteiger partial charge in [-0.1, -0.05) is 370 Å². The predicted octanol–water partition coefficient (Wildman–Crippen LogP) is 24.1. The maximum Gasteiger partial charge on any atom is 0.472 e. The van der Waals surface area contributed by atoms with Gasteiger partial charge in [0.15, 0.2) is 12.2 Å². The molecule has 0 aromatic rings. The first-order valence-corrected chi connectivity index (χ1v) is 44.8. The van der Waals surface area contributed by atoms with E-state index in [2.05, 4.69) is 48.5 Å². The molecular weight excluding hydrogens is 1310 g/mol. The van der Waals surface area contributed by atoms with Gasteiger partial charge in [-0.25, -0.2) is 9.13 Å². The highest BCUT2D eigenvalue weighted by Gasteiger charge is 2.30. The van der Waals surface area contributed by atoms with Gasteiger partial charge in [-0.15, -0.1) is 0 Å². The van der Waals surface area contributed by atoms with Gasteiger partial charge in [-0.2, -0.15) is 0 Å². The van der Waals surface area contributed by atoms with E-state index >= 15 is 0 Å². The Morgan fingerprint density at radius 2 is 0.460 bits per heavy atom. The highest BCUT2D eigenvalue weighted by Crippen LogP contribution is 2.45. The smallest absolute Gasteiger partial charge is 0.462 e. The average Bonchev–Trinajstić information content (AvgIpc) is 1.02. The molecule has 5 atom stereocenters. The van der Waals surface area contributed by atoms with Gasteiger partial charge in [-0.05, 0) is 43.4 Å². The van der Waals surface area contributed by atoms with Crippen LogP contribution in [0.15, 0.2) is 0 Å². The van der Waals surface area contributed by atoms with Crippen molar-refractivity contribution in [2.45, 2.75) is 439 Å². The number of rotatable bonds is 79. The monoisotopic (exact) mass is 1470 g/mol. The minimum atomic E-state index is -4.96. The number of hydrogen-bond acceptors (Lipinski definition) is 15. The number of phosphoric acid groups is 2. The van der Waals surface area contributed by atoms with Crippen molar-refractivity contribution in [2.24, 2.45) is 17.8 Å². The second kappa shape index (κ2) is 71.3. The van der Waals surface area contributed by atoms with Gasteiger partial charge in [0.25, 0.3) is 0 Å². The van der Waals surface area contributed by atoms with Gasteiger partial charge in [0.05, 0.1) is 26.4 Å². The van der Waals surface area contributed by atoms with Crippen LogP contribution in [0.5, 0.6) is 0 Å². The Hall–Kier alpha value is -1.94. The molecule has 19 heteroatoms. The van der Waals surface area contributed by atoms with Gasteiger partial charge >= 0.3 is 39.5 Å². The van der Waals surface area contributed by atoms with Crippen LogP contribution in [0.2, 0.25) is 0 Å². The minimum absolute atomic E-state index is 0.106. The van der Waals surface area contributed by atoms with Crippen molar-refractivity contribution in [2.75, 3.05) is 39.6 Å². The largest absolute Gasteiger partial charge is 0.472 e. The molecule has 0 aliphatic rings. The first-order valence-electron chi connectivity index (χ1n) is 41.8. The van der Waals surface area contributed by atoms with Crippen LogP contribution < -0.4 is 0 Å². The molecule has 0 aromatic carbocycles. The maximum absolute atomic E-state index is 13.1. The van der Waals surface area contributed by atoms with Crippen molar-refractivity contribution in [3.63, 3.8) is 0 Å². The van der Waals surface area contributed by atoms with Gasteiger partial charge < -0.3 is 33.8 Å². The lowest BCUT2D eigenvalue weighted by molar-refractivity contribution is -0.161. The molecule has 17 nitrogen and oxygen atoms in total. The van der Waals surface area contributed by atoms with E-state index in [0.717, 1.165) is 108 Å². The molecule has 0 amide bonds. The summed E-state index contributed by atoms with van der Waals surface area (Å²) in [5.41, 5.74) is 0. The van der Waals surface area contributed by atoms with E-state index in [9.17, 15) is 43.2 Å². The third-order valence-electron chi connectivity index (χ3n) is 18.9. The number of carbonyl (C=O) groups is 4. The Labute approximate surface area is 613 Å². The summed E-state index contributed by atoms with van der Waals surface area (Å²) >= 11 is 0. The Balaban J connectivity index is 5.24. The first-order chi connectivity index (χ1) is 48.2. The van der Waals surface area contributed by atoms with Crippen molar-refractivity contribution in [3.05, 3.63) is 0 Å². The Morgan fingerprint density at radius 3 is 0.680 bits per heavy atom. The summed E-state index contributed by atoms with van der Waals surface area (Å²) in [4.78, 5) is 73.0. The van der Waals surface area contributed by atoms with Crippen molar-refractivity contribution < 1.29 is 80.2 Å². The molecule has 100 heavy (non-hydrogen) atoms. The fraction of sp³-hybridized carbons (Fsp3) is 0.951. The zero-order valence-electron chi connectivity index (χ0n) is 65.7. The maximum atomic E-state index is 13.1. The summed E-state index contributed by atoms with van der Waals surface area (Å²) in [5.74, 6) is 0.180. The molecule has 0 aliphatic carbocycles. The zero-order valence-corrected chi connectivity index (χ0v) is 67.5. The van der Waals surface area contributed by atoms with E-state index in [0.29, 0.717) is 31.6 Å². The third-order valence-corrected chi connectivity index (χ3v) is 20.8. The lowest BCUT2D eigenvalue weighted by Crippen LogP contribution is -2.30. The van der Waals surface area contributed by atoms with Crippen molar-refractivity contribution in [3.8, 4) is 0 Å². The molecule has 0 radical (unpaired) electrons. The van der Waals surface area contributed by atoms with E-state index < -0.39 is 97.5 Å². The lowest BCUT2D eigenvalue weighted by Gasteiger charge is -2.21. The second-order valence-corrected chi connectivity index (χ2v) is 33.5. The quantitative estimate of drug-likeness (QED) is 0.0222. The van der Waals surface area contributed by atoms with Crippen molar-refractivity contribution in [1.82, 2.24) is 0 Å². The summed E-state index contributed by atoms with van der Waals surface area (Å²) in [6.45, 7) is 11.9. The molecule has 2 unspecified atom stereocenters. The molecule has 594 valence electrons. The van der Waals surface area contributed by atoms with Crippen molar-refractivity contribution >= 4 is 39.5 Å². The summed E-state index contributed by atoms with van der Waals surface area (Å²) in [5, 5.41) is 10.6. The van der Waals surface area contributed by atoms with Crippen LogP contribution in [0, 0.1) is 17.8 Å². The van der Waals surface area contributed by atoms with Crippen molar-refractivity contribution in [1.29, 1.82) is 0 Å². The van der Waals surface area contributed by atoms with Gasteiger partial charge in [0.1, 0.15) is 19.3 Å². The fourth-order valence-corrected chi connectivity index (χ4v) is 14.1. The number of aliphatic hydroxyl groups excluding tert-OH is 1. The van der Waals surface area contributed by atoms with E-state index in [1.54, 1.807) is 0 Å². The molecule has 0 bridgehead atoms. The van der Waals surface area contributed by atoms with E-state index in [4.69, 9.17) is 37.0 Å². The van der Waals surface area contributed by atoms with Crippen LogP contribution in [-0.4, -0.2) is 96.7 Å². The zero-order chi connectivity index (χ0) is 73.7. The first kappa shape index (κ1) is 98.1. The van der Waals surface area contributed by atoms with Gasteiger partial charge in [0.2, 0.25) is 0 Å². The van der Waals surface area contributed by atoms with E-state index in [-0.39, 0.29) is 25.7 Å². The normalized spacial score (nSPS) is 14.0. The Kier molecular flexibility index (Phi) is 69.9. The molecule has 0 fully saturated rings. The van der Waals surface area contributed by atoms with Crippen LogP contribution >= 0.6 is 15.6 Å². The number of esters is 4. The summed E-state index contributed by atoms with van der Waals surface area (Å²) < 4.78 is 68.7. The summed E-state index contributed by atoms with van der Waals surface area (Å²) in [6, 6.07) is 0. The van der Waals surface area contributed by atoms with Crippen LogP contribution in [-0.2, 0) is 65.4 Å². The predicted molar refractivity (Wildman–Crippen MR) is 409 cm³/mol. The third kappa shape index (κ3) is 74.3. The van der Waals surface area contributed by atoms with Gasteiger partial charge in [0, 0.05) is 25.7 Å². The fourth-order valence-electron chi connectivity index (χ4n) is 12.5. The SMILES string of the molecule is CCCCCCCCCCCCCCCCCCC(=O)OC[C@H](COP(=O)(O)OC[C@@H](O)COP(=O)(O)OC[C@@H](COC(=O)CCCCCCCCCC(C)C)OC(=O)CCCCCCCCCCCCCCC(C)C)OC(=O)CCCCCCCCCCCCCCCCCCC(C)C.